The Morgan fingerprint density at radius 3 is 2.70 bits per heavy atom. The minimum atomic E-state index is -3.22. The maximum atomic E-state index is 12.4. The summed E-state index contributed by atoms with van der Waals surface area (Å²) in [5.41, 5.74) is 1.03. The van der Waals surface area contributed by atoms with E-state index < -0.39 is 14.6 Å². The van der Waals surface area contributed by atoms with Gasteiger partial charge in [0.1, 0.15) is 0 Å². The van der Waals surface area contributed by atoms with Crippen LogP contribution in [0.3, 0.4) is 0 Å². The van der Waals surface area contributed by atoms with Crippen LogP contribution in [0.15, 0.2) is 12.4 Å². The topological polar surface area (TPSA) is 93.1 Å². The van der Waals surface area contributed by atoms with Crippen molar-refractivity contribution >= 4 is 15.7 Å². The second kappa shape index (κ2) is 6.60. The summed E-state index contributed by atoms with van der Waals surface area (Å²) in [6.45, 7) is 6.48. The van der Waals surface area contributed by atoms with Crippen molar-refractivity contribution < 1.29 is 13.2 Å². The molecule has 1 fully saturated rings. The van der Waals surface area contributed by atoms with Gasteiger partial charge in [0, 0.05) is 38.8 Å². The maximum absolute atomic E-state index is 12.4. The number of aryl methyl sites for hydroxylation is 1. The second-order valence-electron chi connectivity index (χ2n) is 7.04. The molecule has 0 spiro atoms. The zero-order valence-corrected chi connectivity index (χ0v) is 15.0. The largest absolute Gasteiger partial charge is 0.355 e. The normalized spacial score (nSPS) is 22.3. The Morgan fingerprint density at radius 1 is 1.43 bits per heavy atom. The fourth-order valence-electron chi connectivity index (χ4n) is 2.68. The highest BCUT2D eigenvalue weighted by Crippen LogP contribution is 2.27. The predicted octanol–water partition coefficient (Wildman–Crippen LogP) is 0.0526. The number of rotatable bonds is 5. The SMILES string of the molecule is Cn1cc([C@H]2CNC[C@@H]2C(=O)NCCS(=O)(=O)C(C)(C)C)cn1. The molecule has 23 heavy (non-hydrogen) atoms. The fraction of sp³-hybridized carbons (Fsp3) is 0.733. The number of aromatic nitrogens is 2. The van der Waals surface area contributed by atoms with Crippen LogP contribution >= 0.6 is 0 Å². The molecule has 0 aromatic carbocycles. The first-order valence-corrected chi connectivity index (χ1v) is 9.46. The molecule has 0 bridgehead atoms. The zero-order valence-electron chi connectivity index (χ0n) is 14.2. The molecule has 1 aromatic heterocycles. The lowest BCUT2D eigenvalue weighted by Gasteiger charge is -2.20. The molecule has 1 saturated heterocycles. The van der Waals surface area contributed by atoms with E-state index in [-0.39, 0.29) is 30.0 Å². The van der Waals surface area contributed by atoms with E-state index in [4.69, 9.17) is 0 Å². The van der Waals surface area contributed by atoms with Crippen molar-refractivity contribution in [2.75, 3.05) is 25.4 Å². The van der Waals surface area contributed by atoms with Gasteiger partial charge in [0.15, 0.2) is 9.84 Å². The fourth-order valence-corrected chi connectivity index (χ4v) is 3.67. The van der Waals surface area contributed by atoms with Gasteiger partial charge in [-0.25, -0.2) is 8.42 Å². The predicted molar refractivity (Wildman–Crippen MR) is 88.9 cm³/mol. The van der Waals surface area contributed by atoms with E-state index in [0.29, 0.717) is 6.54 Å². The Bertz CT molecular complexity index is 661. The lowest BCUT2D eigenvalue weighted by Crippen LogP contribution is -2.40. The van der Waals surface area contributed by atoms with Gasteiger partial charge in [-0.15, -0.1) is 0 Å². The Hall–Kier alpha value is -1.41. The first kappa shape index (κ1) is 17.9. The van der Waals surface area contributed by atoms with Gasteiger partial charge < -0.3 is 10.6 Å². The maximum Gasteiger partial charge on any atom is 0.225 e. The van der Waals surface area contributed by atoms with Crippen LogP contribution in [-0.4, -0.2) is 54.2 Å². The molecule has 1 aromatic rings. The highest BCUT2D eigenvalue weighted by molar-refractivity contribution is 7.92. The Labute approximate surface area is 137 Å². The van der Waals surface area contributed by atoms with E-state index >= 15 is 0 Å². The van der Waals surface area contributed by atoms with Gasteiger partial charge in [0.2, 0.25) is 5.91 Å². The number of carbonyl (C=O) groups excluding carboxylic acids is 1. The number of sulfone groups is 1. The molecule has 1 aliphatic rings. The summed E-state index contributed by atoms with van der Waals surface area (Å²) in [4.78, 5) is 12.4. The van der Waals surface area contributed by atoms with Crippen LogP contribution in [0.25, 0.3) is 0 Å². The molecule has 8 heteroatoms. The standard InChI is InChI=1S/C15H26N4O3S/c1-15(2,3)23(21,22)6-5-17-14(20)13-9-16-8-12(13)11-7-18-19(4)10-11/h7,10,12-13,16H,5-6,8-9H2,1-4H3,(H,17,20)/t12-,13+/m1/s1. The van der Waals surface area contributed by atoms with Crippen LogP contribution in [0.2, 0.25) is 0 Å². The average Bonchev–Trinajstić information content (AvgIpc) is 3.05. The Kier molecular flexibility index (Phi) is 5.15. The molecule has 1 aliphatic heterocycles. The highest BCUT2D eigenvalue weighted by Gasteiger charge is 2.35. The minimum absolute atomic E-state index is 0.0417. The summed E-state index contributed by atoms with van der Waals surface area (Å²) in [7, 11) is -1.38. The minimum Gasteiger partial charge on any atom is -0.355 e. The summed E-state index contributed by atoms with van der Waals surface area (Å²) in [6, 6.07) is 0. The van der Waals surface area contributed by atoms with Crippen molar-refractivity contribution in [2.24, 2.45) is 13.0 Å². The number of nitrogens with zero attached hydrogens (tertiary/aromatic N) is 2. The van der Waals surface area contributed by atoms with Gasteiger partial charge in [-0.05, 0) is 26.3 Å². The van der Waals surface area contributed by atoms with Crippen LogP contribution in [0.4, 0.5) is 0 Å². The molecule has 2 heterocycles. The first-order chi connectivity index (χ1) is 10.6. The van der Waals surface area contributed by atoms with E-state index in [1.807, 2.05) is 13.2 Å². The van der Waals surface area contributed by atoms with E-state index in [1.54, 1.807) is 31.6 Å². The molecule has 0 radical (unpaired) electrons. The van der Waals surface area contributed by atoms with Gasteiger partial charge in [0.25, 0.3) is 0 Å². The summed E-state index contributed by atoms with van der Waals surface area (Å²) < 4.78 is 25.1. The Balaban J connectivity index is 1.93. The highest BCUT2D eigenvalue weighted by atomic mass is 32.2. The molecule has 0 unspecified atom stereocenters. The van der Waals surface area contributed by atoms with E-state index in [9.17, 15) is 13.2 Å². The van der Waals surface area contributed by atoms with Crippen LogP contribution in [0.5, 0.6) is 0 Å². The van der Waals surface area contributed by atoms with Crippen LogP contribution < -0.4 is 10.6 Å². The number of hydrogen-bond donors (Lipinski definition) is 2. The number of amides is 1. The summed E-state index contributed by atoms with van der Waals surface area (Å²) in [5, 5.41) is 10.2. The van der Waals surface area contributed by atoms with Gasteiger partial charge >= 0.3 is 0 Å². The molecule has 0 saturated carbocycles. The van der Waals surface area contributed by atoms with Crippen molar-refractivity contribution in [2.45, 2.75) is 31.4 Å². The van der Waals surface area contributed by atoms with Crippen molar-refractivity contribution in [3.63, 3.8) is 0 Å². The monoisotopic (exact) mass is 342 g/mol. The molecule has 130 valence electrons. The first-order valence-electron chi connectivity index (χ1n) is 7.81. The molecular weight excluding hydrogens is 316 g/mol. The van der Waals surface area contributed by atoms with Crippen molar-refractivity contribution in [3.8, 4) is 0 Å². The molecule has 7 nitrogen and oxygen atoms in total. The van der Waals surface area contributed by atoms with Crippen molar-refractivity contribution in [3.05, 3.63) is 18.0 Å². The number of carbonyl (C=O) groups is 1. The molecular formula is C15H26N4O3S. The summed E-state index contributed by atoms with van der Waals surface area (Å²) in [6.07, 6.45) is 3.70. The van der Waals surface area contributed by atoms with E-state index in [0.717, 1.165) is 12.1 Å². The van der Waals surface area contributed by atoms with Gasteiger partial charge in [-0.1, -0.05) is 0 Å². The summed E-state index contributed by atoms with van der Waals surface area (Å²) in [5.74, 6) is -0.271. The molecule has 0 aliphatic carbocycles. The van der Waals surface area contributed by atoms with Crippen LogP contribution in [0.1, 0.15) is 32.3 Å². The van der Waals surface area contributed by atoms with Crippen LogP contribution in [-0.2, 0) is 21.7 Å². The van der Waals surface area contributed by atoms with Gasteiger partial charge in [-0.3, -0.25) is 9.48 Å². The molecule has 2 N–H and O–H groups in total. The van der Waals surface area contributed by atoms with E-state index in [2.05, 4.69) is 15.7 Å². The lowest BCUT2D eigenvalue weighted by atomic mass is 9.90. The number of nitrogens with one attached hydrogen (secondary N) is 2. The molecule has 2 rings (SSSR count). The quantitative estimate of drug-likeness (QED) is 0.789. The lowest BCUT2D eigenvalue weighted by molar-refractivity contribution is -0.124. The third kappa shape index (κ3) is 4.11. The molecule has 1 amide bonds. The summed E-state index contributed by atoms with van der Waals surface area (Å²) >= 11 is 0. The third-order valence-corrected chi connectivity index (χ3v) is 6.91. The Morgan fingerprint density at radius 2 is 2.13 bits per heavy atom. The van der Waals surface area contributed by atoms with Crippen LogP contribution in [0, 0.1) is 5.92 Å². The zero-order chi connectivity index (χ0) is 17.3. The smallest absolute Gasteiger partial charge is 0.225 e. The van der Waals surface area contributed by atoms with Crippen molar-refractivity contribution in [1.82, 2.24) is 20.4 Å². The third-order valence-electron chi connectivity index (χ3n) is 4.31. The second-order valence-corrected chi connectivity index (χ2v) is 9.90. The van der Waals surface area contributed by atoms with E-state index in [1.165, 1.54) is 0 Å². The van der Waals surface area contributed by atoms with Gasteiger partial charge in [0.05, 0.1) is 22.6 Å². The van der Waals surface area contributed by atoms with Gasteiger partial charge in [-0.2, -0.15) is 5.10 Å². The average molecular weight is 342 g/mol. The van der Waals surface area contributed by atoms with Crippen molar-refractivity contribution in [1.29, 1.82) is 0 Å². The molecule has 2 atom stereocenters. The number of hydrogen-bond acceptors (Lipinski definition) is 5.